The van der Waals surface area contributed by atoms with Crippen molar-refractivity contribution in [2.45, 2.75) is 0 Å². The molecule has 0 aliphatic heterocycles. The molecule has 0 radical (unpaired) electrons. The number of hydrogen-bond donors (Lipinski definition) is 0. The summed E-state index contributed by atoms with van der Waals surface area (Å²) < 4.78 is 30.0. The van der Waals surface area contributed by atoms with Gasteiger partial charge in [-0.25, -0.2) is 8.78 Å². The van der Waals surface area contributed by atoms with Gasteiger partial charge in [0.15, 0.2) is 0 Å². The van der Waals surface area contributed by atoms with Crippen molar-refractivity contribution >= 4 is 10.6 Å². The molecule has 4 heteroatoms. The maximum absolute atomic E-state index is 10.2. The van der Waals surface area contributed by atoms with E-state index in [0.29, 0.717) is 0 Å². The summed E-state index contributed by atoms with van der Waals surface area (Å²) in [6.45, 7) is 0. The smallest absolute Gasteiger partial charge is 0.201 e. The van der Waals surface area contributed by atoms with E-state index in [9.17, 15) is 12.9 Å². The Bertz CT molecular complexity index is 24.0. The molecule has 0 aromatic heterocycles. The SMILES string of the molecule is FC=CF.F[SiH3]. The van der Waals surface area contributed by atoms with E-state index in [-0.39, 0.29) is 23.2 Å². The average molecular weight is 114 g/mol. The van der Waals surface area contributed by atoms with Crippen LogP contribution in [-0.2, 0) is 0 Å². The minimum absolute atomic E-state index is 0.167. The highest BCUT2D eigenvalue weighted by Crippen LogP contribution is 1.67. The van der Waals surface area contributed by atoms with Crippen molar-refractivity contribution in [1.82, 2.24) is 0 Å². The van der Waals surface area contributed by atoms with Gasteiger partial charge in [-0.3, -0.25) is 0 Å². The molecule has 0 heterocycles. The number of hydrogen-bond acceptors (Lipinski definition) is 0. The first kappa shape index (κ1) is 9.22. The van der Waals surface area contributed by atoms with Gasteiger partial charge in [-0.05, 0) is 0 Å². The van der Waals surface area contributed by atoms with E-state index in [1.54, 1.807) is 0 Å². The van der Waals surface area contributed by atoms with Crippen LogP contribution in [0.2, 0.25) is 0 Å². The van der Waals surface area contributed by atoms with Crippen molar-refractivity contribution in [3.05, 3.63) is 12.7 Å². The highest BCUT2D eigenvalue weighted by atomic mass is 28.2. The van der Waals surface area contributed by atoms with Gasteiger partial charge in [0.2, 0.25) is 10.6 Å². The summed E-state index contributed by atoms with van der Waals surface area (Å²) >= 11 is 0. The fraction of sp³-hybridized carbons (Fsp3) is 0. The van der Waals surface area contributed by atoms with E-state index in [1.807, 2.05) is 0 Å². The molecule has 0 aromatic carbocycles. The summed E-state index contributed by atoms with van der Waals surface area (Å²) in [5.41, 5.74) is 0. The van der Waals surface area contributed by atoms with Crippen LogP contribution in [0.4, 0.5) is 12.9 Å². The predicted octanol–water partition coefficient (Wildman–Crippen LogP) is 0.633. The van der Waals surface area contributed by atoms with E-state index in [1.165, 1.54) is 0 Å². The lowest BCUT2D eigenvalue weighted by molar-refractivity contribution is 0.645. The molecular weight excluding hydrogens is 109 g/mol. The summed E-state index contributed by atoms with van der Waals surface area (Å²) in [7, 11) is -0.194. The van der Waals surface area contributed by atoms with Gasteiger partial charge in [0.05, 0.1) is 0 Å². The van der Waals surface area contributed by atoms with Gasteiger partial charge in [-0.1, -0.05) is 0 Å². The van der Waals surface area contributed by atoms with Crippen molar-refractivity contribution in [3.63, 3.8) is 0 Å². The third-order valence-electron chi connectivity index (χ3n) is 0.0476. The second kappa shape index (κ2) is 21.8. The minimum Gasteiger partial charge on any atom is -0.327 e. The Labute approximate surface area is 37.3 Å². The Hall–Kier alpha value is -0.253. The van der Waals surface area contributed by atoms with Crippen LogP contribution in [0.25, 0.3) is 0 Å². The summed E-state index contributed by atoms with van der Waals surface area (Å²) in [6.07, 6.45) is -0.333. The van der Waals surface area contributed by atoms with Crippen LogP contribution in [0.5, 0.6) is 0 Å². The summed E-state index contributed by atoms with van der Waals surface area (Å²) in [6, 6.07) is 0. The first-order valence-electron chi connectivity index (χ1n) is 1.15. The molecule has 0 unspecified atom stereocenters. The van der Waals surface area contributed by atoms with Crippen LogP contribution in [0.3, 0.4) is 0 Å². The molecule has 0 rings (SSSR count). The van der Waals surface area contributed by atoms with Gasteiger partial charge in [-0.2, -0.15) is 0 Å². The molecule has 0 aromatic rings. The van der Waals surface area contributed by atoms with Gasteiger partial charge in [-0.15, -0.1) is 0 Å². The summed E-state index contributed by atoms with van der Waals surface area (Å²) in [5.74, 6) is 0. The zero-order valence-corrected chi connectivity index (χ0v) is 5.29. The van der Waals surface area contributed by atoms with Gasteiger partial charge < -0.3 is 4.11 Å². The van der Waals surface area contributed by atoms with Crippen LogP contribution in [-0.4, -0.2) is 10.6 Å². The van der Waals surface area contributed by atoms with Gasteiger partial charge in [0.25, 0.3) is 0 Å². The van der Waals surface area contributed by atoms with Gasteiger partial charge in [0.1, 0.15) is 12.7 Å². The molecule has 0 N–H and O–H groups in total. The van der Waals surface area contributed by atoms with E-state index >= 15 is 0 Å². The van der Waals surface area contributed by atoms with Gasteiger partial charge >= 0.3 is 0 Å². The van der Waals surface area contributed by atoms with Crippen LogP contribution in [0.1, 0.15) is 0 Å². The van der Waals surface area contributed by atoms with Crippen LogP contribution < -0.4 is 0 Å². The lowest BCUT2D eigenvalue weighted by atomic mass is 11.2. The maximum Gasteiger partial charge on any atom is 0.201 e. The Kier molecular flexibility index (Phi) is 33.6. The lowest BCUT2D eigenvalue weighted by Gasteiger charge is -1.42. The molecule has 0 spiro atoms. The minimum atomic E-state index is -0.194. The molecule has 0 nitrogen and oxygen atoms in total. The van der Waals surface area contributed by atoms with Crippen molar-refractivity contribution in [3.8, 4) is 0 Å². The first-order chi connectivity index (χ1) is 2.91. The Morgan fingerprint density at radius 2 is 1.17 bits per heavy atom. The van der Waals surface area contributed by atoms with Crippen molar-refractivity contribution in [2.24, 2.45) is 0 Å². The quantitative estimate of drug-likeness (QED) is 0.320. The first-order valence-corrected chi connectivity index (χ1v) is 1.90. The van der Waals surface area contributed by atoms with Crippen LogP contribution in [0.15, 0.2) is 12.7 Å². The summed E-state index contributed by atoms with van der Waals surface area (Å²) in [4.78, 5) is 0. The number of halogens is 3. The molecule has 0 amide bonds. The van der Waals surface area contributed by atoms with E-state index in [0.717, 1.165) is 0 Å². The average Bonchev–Trinajstić information content (AvgIpc) is 1.72. The molecule has 0 atom stereocenters. The molecule has 0 aliphatic carbocycles. The zero-order chi connectivity index (χ0) is 5.41. The second-order valence-electron chi connectivity index (χ2n) is 0.252. The molecule has 0 saturated heterocycles. The van der Waals surface area contributed by atoms with Crippen molar-refractivity contribution in [2.75, 3.05) is 0 Å². The van der Waals surface area contributed by atoms with E-state index in [2.05, 4.69) is 0 Å². The lowest BCUT2D eigenvalue weighted by Crippen LogP contribution is -1.18. The van der Waals surface area contributed by atoms with Crippen LogP contribution >= 0.6 is 0 Å². The standard InChI is InChI=1S/C2H2F2.FH3Si/c3-1-2-4;1-2/h1-2H;2H3. The summed E-state index contributed by atoms with van der Waals surface area (Å²) in [5, 5.41) is 0. The van der Waals surface area contributed by atoms with Gasteiger partial charge in [0, 0.05) is 0 Å². The third-order valence-corrected chi connectivity index (χ3v) is 0.0476. The van der Waals surface area contributed by atoms with E-state index < -0.39 is 0 Å². The molecule has 0 aliphatic rings. The highest BCUT2D eigenvalue weighted by Gasteiger charge is 1.43. The maximum atomic E-state index is 10.2. The topological polar surface area (TPSA) is 0 Å². The predicted molar refractivity (Wildman–Crippen MR) is 22.4 cm³/mol. The Morgan fingerprint density at radius 3 is 1.17 bits per heavy atom. The molecular formula is C2H5F3Si. The fourth-order valence-corrected chi connectivity index (χ4v) is 0. The third kappa shape index (κ3) is 50.7. The Balaban J connectivity index is 0. The molecule has 0 bridgehead atoms. The second-order valence-corrected chi connectivity index (χ2v) is 0.252. The van der Waals surface area contributed by atoms with Crippen molar-refractivity contribution < 1.29 is 12.9 Å². The zero-order valence-electron chi connectivity index (χ0n) is 3.29. The van der Waals surface area contributed by atoms with E-state index in [4.69, 9.17) is 0 Å². The normalized spacial score (nSPS) is 7.83. The van der Waals surface area contributed by atoms with Crippen molar-refractivity contribution in [1.29, 1.82) is 0 Å². The number of rotatable bonds is 0. The van der Waals surface area contributed by atoms with Crippen LogP contribution in [0, 0.1) is 0 Å². The molecule has 38 valence electrons. The largest absolute Gasteiger partial charge is 0.327 e. The highest BCUT2D eigenvalue weighted by molar-refractivity contribution is 5.96. The molecule has 0 fully saturated rings. The fourth-order valence-electron chi connectivity index (χ4n) is 0. The monoisotopic (exact) mass is 114 g/mol. The Morgan fingerprint density at radius 1 is 1.00 bits per heavy atom. The molecule has 6 heavy (non-hydrogen) atoms. The molecule has 0 saturated carbocycles.